The average molecular weight is 266 g/mol. The summed E-state index contributed by atoms with van der Waals surface area (Å²) < 4.78 is 15.1. The topological polar surface area (TPSA) is 69.6 Å². The van der Waals surface area contributed by atoms with Crippen molar-refractivity contribution in [2.75, 3.05) is 0 Å². The van der Waals surface area contributed by atoms with Crippen LogP contribution in [0.5, 0.6) is 5.75 Å². The molecule has 0 saturated heterocycles. The number of rotatable bonds is 2. The first-order chi connectivity index (χ1) is 7.09. The maximum Gasteiger partial charge on any atom is 1.00 e. The van der Waals surface area contributed by atoms with Crippen LogP contribution in [0.4, 0.5) is 0 Å². The van der Waals surface area contributed by atoms with Gasteiger partial charge in [-0.2, -0.15) is 0 Å². The molecule has 0 saturated carbocycles. The molecule has 0 heterocycles. The van der Waals surface area contributed by atoms with Crippen LogP contribution in [0.1, 0.15) is 31.9 Å². The van der Waals surface area contributed by atoms with Crippen LogP contribution >= 0.6 is 7.82 Å². The first-order valence-corrected chi connectivity index (χ1v) is 6.44. The molecule has 1 N–H and O–H groups in total. The van der Waals surface area contributed by atoms with Gasteiger partial charge in [-0.15, -0.1) is 0 Å². The fourth-order valence-electron chi connectivity index (χ4n) is 1.34. The minimum atomic E-state index is -4.72. The van der Waals surface area contributed by atoms with Crippen molar-refractivity contribution in [1.29, 1.82) is 0 Å². The largest absolute Gasteiger partial charge is 1.00 e. The Balaban J connectivity index is 0.00000256. The van der Waals surface area contributed by atoms with E-state index in [0.29, 0.717) is 5.56 Å². The molecule has 0 aliphatic heterocycles. The number of hydrogen-bond donors (Lipinski definition) is 1. The molecule has 0 bridgehead atoms. The van der Waals surface area contributed by atoms with Crippen molar-refractivity contribution >= 4 is 7.82 Å². The third-order valence-corrected chi connectivity index (χ3v) is 2.68. The fourth-order valence-corrected chi connectivity index (χ4v) is 1.80. The van der Waals surface area contributed by atoms with Gasteiger partial charge in [0.05, 0.1) is 0 Å². The predicted octanol–water partition coefficient (Wildman–Crippen LogP) is -0.864. The van der Waals surface area contributed by atoms with Gasteiger partial charge in [0, 0.05) is 0 Å². The molecule has 0 aliphatic carbocycles. The van der Waals surface area contributed by atoms with Gasteiger partial charge in [-0.05, 0) is 29.5 Å². The van der Waals surface area contributed by atoms with Crippen LogP contribution in [0.3, 0.4) is 0 Å². The molecule has 1 aromatic rings. The zero-order chi connectivity index (χ0) is 12.6. The molecular formula is C11H16NaO4P. The summed E-state index contributed by atoms with van der Waals surface area (Å²) in [5.74, 6) is 0.161. The molecule has 1 atom stereocenters. The maximum absolute atomic E-state index is 10.6. The molecule has 4 nitrogen and oxygen atoms in total. The maximum atomic E-state index is 10.6. The Bertz CT molecular complexity index is 434. The third-order valence-electron chi connectivity index (χ3n) is 2.25. The normalized spacial score (nSPS) is 14.7. The Morgan fingerprint density at radius 2 is 1.88 bits per heavy atom. The SMILES string of the molecule is Cc1cc(C(C)(C)C)ccc1OP(=O)([O-])O.[Na+]. The summed E-state index contributed by atoms with van der Waals surface area (Å²) in [5, 5.41) is 0. The zero-order valence-corrected chi connectivity index (χ0v) is 13.7. The van der Waals surface area contributed by atoms with Crippen LogP contribution < -0.4 is 39.0 Å². The first-order valence-electron chi connectivity index (χ1n) is 4.94. The Morgan fingerprint density at radius 1 is 1.35 bits per heavy atom. The Labute approximate surface area is 124 Å². The number of phosphoric ester groups is 1. The van der Waals surface area contributed by atoms with Crippen LogP contribution in [0, 0.1) is 6.92 Å². The van der Waals surface area contributed by atoms with Crippen LogP contribution in [0.25, 0.3) is 0 Å². The smallest absolute Gasteiger partial charge is 0.746 e. The van der Waals surface area contributed by atoms with Gasteiger partial charge in [0.25, 0.3) is 0 Å². The molecule has 6 heteroatoms. The summed E-state index contributed by atoms with van der Waals surface area (Å²) in [6.45, 7) is 7.92. The summed E-state index contributed by atoms with van der Waals surface area (Å²) in [6, 6.07) is 5.19. The molecule has 0 spiro atoms. The molecule has 0 radical (unpaired) electrons. The second-order valence-electron chi connectivity index (χ2n) is 4.79. The van der Waals surface area contributed by atoms with E-state index < -0.39 is 7.82 Å². The summed E-state index contributed by atoms with van der Waals surface area (Å²) in [6.07, 6.45) is 0. The van der Waals surface area contributed by atoms with Crippen molar-refractivity contribution in [3.63, 3.8) is 0 Å². The molecule has 0 amide bonds. The Morgan fingerprint density at radius 3 is 2.24 bits per heavy atom. The van der Waals surface area contributed by atoms with Gasteiger partial charge in [0.2, 0.25) is 0 Å². The van der Waals surface area contributed by atoms with Crippen molar-refractivity contribution in [1.82, 2.24) is 0 Å². The first kappa shape index (κ1) is 17.2. The van der Waals surface area contributed by atoms with Crippen molar-refractivity contribution < 1.29 is 48.4 Å². The standard InChI is InChI=1S/C11H17O4P.Na/c1-8-7-9(11(2,3)4)5-6-10(8)15-16(12,13)14;/h5-7H,1-4H3,(H2,12,13,14);/q;+1/p-1. The molecule has 0 aliphatic rings. The van der Waals surface area contributed by atoms with E-state index in [0.717, 1.165) is 5.56 Å². The van der Waals surface area contributed by atoms with Crippen LogP contribution in [-0.4, -0.2) is 4.89 Å². The fraction of sp³-hybridized carbons (Fsp3) is 0.455. The average Bonchev–Trinajstić information content (AvgIpc) is 2.04. The van der Waals surface area contributed by atoms with Gasteiger partial charge < -0.3 is 14.3 Å². The monoisotopic (exact) mass is 266 g/mol. The predicted molar refractivity (Wildman–Crippen MR) is 60.3 cm³/mol. The number of phosphoric acid groups is 1. The molecule has 90 valence electrons. The number of hydrogen-bond acceptors (Lipinski definition) is 3. The summed E-state index contributed by atoms with van der Waals surface area (Å²) >= 11 is 0. The van der Waals surface area contributed by atoms with Gasteiger partial charge in [0.15, 0.2) is 0 Å². The van der Waals surface area contributed by atoms with Crippen molar-refractivity contribution in [3.05, 3.63) is 29.3 Å². The quantitative estimate of drug-likeness (QED) is 0.558. The molecule has 1 unspecified atom stereocenters. The van der Waals surface area contributed by atoms with Gasteiger partial charge in [-0.3, -0.25) is 4.57 Å². The third kappa shape index (κ3) is 5.56. The zero-order valence-electron chi connectivity index (χ0n) is 10.9. The van der Waals surface area contributed by atoms with E-state index in [1.54, 1.807) is 19.1 Å². The van der Waals surface area contributed by atoms with E-state index in [9.17, 15) is 9.46 Å². The molecule has 0 aromatic heterocycles. The van der Waals surface area contributed by atoms with E-state index in [1.165, 1.54) is 0 Å². The molecule has 1 rings (SSSR count). The summed E-state index contributed by atoms with van der Waals surface area (Å²) in [7, 11) is -4.72. The summed E-state index contributed by atoms with van der Waals surface area (Å²) in [5.41, 5.74) is 1.75. The second kappa shape index (κ2) is 5.87. The van der Waals surface area contributed by atoms with Crippen LogP contribution in [0.15, 0.2) is 18.2 Å². The van der Waals surface area contributed by atoms with Gasteiger partial charge in [0.1, 0.15) is 5.75 Å². The molecule has 1 aromatic carbocycles. The van der Waals surface area contributed by atoms with E-state index in [2.05, 4.69) is 25.3 Å². The van der Waals surface area contributed by atoms with E-state index in [1.807, 2.05) is 6.07 Å². The van der Waals surface area contributed by atoms with E-state index in [4.69, 9.17) is 4.89 Å². The van der Waals surface area contributed by atoms with Crippen LogP contribution in [0.2, 0.25) is 0 Å². The number of benzene rings is 1. The minimum absolute atomic E-state index is 0. The Hall–Kier alpha value is 0.170. The van der Waals surface area contributed by atoms with Crippen molar-refractivity contribution in [2.24, 2.45) is 0 Å². The van der Waals surface area contributed by atoms with Gasteiger partial charge >= 0.3 is 37.4 Å². The number of aryl methyl sites for hydroxylation is 1. The van der Waals surface area contributed by atoms with Gasteiger partial charge in [-0.25, -0.2) is 0 Å². The molecular weight excluding hydrogens is 250 g/mol. The minimum Gasteiger partial charge on any atom is -0.746 e. The van der Waals surface area contributed by atoms with Gasteiger partial charge in [-0.1, -0.05) is 32.9 Å². The van der Waals surface area contributed by atoms with Crippen LogP contribution in [-0.2, 0) is 9.98 Å². The molecule has 0 fully saturated rings. The van der Waals surface area contributed by atoms with Crippen molar-refractivity contribution in [2.45, 2.75) is 33.1 Å². The van der Waals surface area contributed by atoms with E-state index in [-0.39, 0.29) is 40.7 Å². The Kier molecular flexibility index (Phi) is 5.93. The second-order valence-corrected chi connectivity index (χ2v) is 5.91. The summed E-state index contributed by atoms with van der Waals surface area (Å²) in [4.78, 5) is 19.2. The van der Waals surface area contributed by atoms with E-state index >= 15 is 0 Å². The molecule has 17 heavy (non-hydrogen) atoms. The van der Waals surface area contributed by atoms with Crippen molar-refractivity contribution in [3.8, 4) is 5.75 Å².